The van der Waals surface area contributed by atoms with E-state index in [9.17, 15) is 4.79 Å². The number of anilines is 1. The van der Waals surface area contributed by atoms with Gasteiger partial charge in [-0.05, 0) is 61.4 Å². The first-order valence-electron chi connectivity index (χ1n) is 8.92. The second kappa shape index (κ2) is 7.48. The third-order valence-corrected chi connectivity index (χ3v) is 5.76. The van der Waals surface area contributed by atoms with Crippen molar-refractivity contribution in [2.75, 3.05) is 12.0 Å². The van der Waals surface area contributed by atoms with E-state index < -0.39 is 0 Å². The summed E-state index contributed by atoms with van der Waals surface area (Å²) >= 11 is 1.46. The van der Waals surface area contributed by atoms with Crippen molar-refractivity contribution in [1.29, 1.82) is 0 Å². The maximum Gasteiger partial charge on any atom is 0.260 e. The number of carbonyl (C=O) groups is 1. The van der Waals surface area contributed by atoms with Crippen molar-refractivity contribution in [3.63, 3.8) is 0 Å². The number of methoxy groups -OCH3 is 1. The molecule has 28 heavy (non-hydrogen) atoms. The topological polar surface area (TPSA) is 55.6 Å². The number of aryl methyl sites for hydroxylation is 2. The molecule has 0 N–H and O–H groups in total. The van der Waals surface area contributed by atoms with Gasteiger partial charge in [-0.3, -0.25) is 9.69 Å². The highest BCUT2D eigenvalue weighted by molar-refractivity contribution is 7.22. The van der Waals surface area contributed by atoms with Gasteiger partial charge in [-0.2, -0.15) is 0 Å². The molecule has 2 heterocycles. The Labute approximate surface area is 167 Å². The molecule has 0 atom stereocenters. The van der Waals surface area contributed by atoms with Crippen LogP contribution in [0.3, 0.4) is 0 Å². The van der Waals surface area contributed by atoms with E-state index in [1.807, 2.05) is 62.4 Å². The fraction of sp³-hybridized carbons (Fsp3) is 0.182. The molecule has 0 spiro atoms. The average molecular weight is 392 g/mol. The molecule has 4 aromatic rings. The van der Waals surface area contributed by atoms with Crippen LogP contribution in [-0.4, -0.2) is 18.0 Å². The molecule has 6 heteroatoms. The number of para-hydroxylation sites is 1. The standard InChI is InChI=1S/C22H20N2O3S/c1-14-9-10-16(12-15(14)2)21(25)24(13-17-6-5-11-27-17)22-23-20-18(26-3)7-4-8-19(20)28-22/h4-12H,13H2,1-3H3. The predicted molar refractivity (Wildman–Crippen MR) is 111 cm³/mol. The largest absolute Gasteiger partial charge is 0.494 e. The summed E-state index contributed by atoms with van der Waals surface area (Å²) in [5, 5.41) is 0.610. The first-order valence-corrected chi connectivity index (χ1v) is 9.73. The van der Waals surface area contributed by atoms with Crippen molar-refractivity contribution < 1.29 is 13.9 Å². The minimum absolute atomic E-state index is 0.113. The van der Waals surface area contributed by atoms with Crippen LogP contribution in [0.25, 0.3) is 10.2 Å². The van der Waals surface area contributed by atoms with E-state index in [0.717, 1.165) is 21.3 Å². The van der Waals surface area contributed by atoms with Crippen molar-refractivity contribution in [3.05, 3.63) is 77.2 Å². The van der Waals surface area contributed by atoms with E-state index in [1.165, 1.54) is 11.3 Å². The Morgan fingerprint density at radius 1 is 1.14 bits per heavy atom. The second-order valence-electron chi connectivity index (χ2n) is 6.57. The number of nitrogens with zero attached hydrogens (tertiary/aromatic N) is 2. The molecule has 0 aliphatic rings. The molecular formula is C22H20N2O3S. The zero-order chi connectivity index (χ0) is 19.7. The Morgan fingerprint density at radius 3 is 2.71 bits per heavy atom. The summed E-state index contributed by atoms with van der Waals surface area (Å²) in [7, 11) is 1.62. The highest BCUT2D eigenvalue weighted by Gasteiger charge is 2.23. The monoisotopic (exact) mass is 392 g/mol. The normalized spacial score (nSPS) is 11.0. The van der Waals surface area contributed by atoms with Gasteiger partial charge in [-0.15, -0.1) is 0 Å². The number of furan rings is 1. The van der Waals surface area contributed by atoms with Gasteiger partial charge in [0.1, 0.15) is 17.0 Å². The van der Waals surface area contributed by atoms with E-state index in [-0.39, 0.29) is 5.91 Å². The van der Waals surface area contributed by atoms with E-state index in [2.05, 4.69) is 0 Å². The summed E-state index contributed by atoms with van der Waals surface area (Å²) in [5.74, 6) is 1.28. The number of hydrogen-bond donors (Lipinski definition) is 0. The van der Waals surface area contributed by atoms with E-state index in [1.54, 1.807) is 18.3 Å². The van der Waals surface area contributed by atoms with Gasteiger partial charge in [-0.1, -0.05) is 23.5 Å². The molecule has 0 bridgehead atoms. The Morgan fingerprint density at radius 2 is 2.00 bits per heavy atom. The zero-order valence-electron chi connectivity index (χ0n) is 15.9. The molecule has 4 rings (SSSR count). The molecule has 0 fully saturated rings. The van der Waals surface area contributed by atoms with Crippen molar-refractivity contribution >= 4 is 32.6 Å². The number of carbonyl (C=O) groups excluding carboxylic acids is 1. The van der Waals surface area contributed by atoms with Gasteiger partial charge in [0.15, 0.2) is 5.13 Å². The van der Waals surface area contributed by atoms with Gasteiger partial charge in [0, 0.05) is 5.56 Å². The first-order chi connectivity index (χ1) is 13.6. The molecule has 0 saturated heterocycles. The lowest BCUT2D eigenvalue weighted by Gasteiger charge is -2.19. The second-order valence-corrected chi connectivity index (χ2v) is 7.58. The summed E-state index contributed by atoms with van der Waals surface area (Å²) < 4.78 is 11.9. The Hall–Kier alpha value is -3.12. The molecule has 5 nitrogen and oxygen atoms in total. The minimum Gasteiger partial charge on any atom is -0.494 e. The van der Waals surface area contributed by atoms with Crippen LogP contribution < -0.4 is 9.64 Å². The molecule has 142 valence electrons. The minimum atomic E-state index is -0.113. The van der Waals surface area contributed by atoms with Crippen LogP contribution in [0.1, 0.15) is 27.2 Å². The molecule has 0 radical (unpaired) electrons. The lowest BCUT2D eigenvalue weighted by Crippen LogP contribution is -2.30. The fourth-order valence-electron chi connectivity index (χ4n) is 3.01. The Kier molecular flexibility index (Phi) is 4.88. The lowest BCUT2D eigenvalue weighted by molar-refractivity contribution is 0.0983. The van der Waals surface area contributed by atoms with E-state index in [0.29, 0.717) is 28.7 Å². The van der Waals surface area contributed by atoms with Gasteiger partial charge in [0.25, 0.3) is 5.91 Å². The van der Waals surface area contributed by atoms with Gasteiger partial charge in [0.05, 0.1) is 24.6 Å². The van der Waals surface area contributed by atoms with Crippen LogP contribution in [0.15, 0.2) is 59.2 Å². The summed E-state index contributed by atoms with van der Waals surface area (Å²) in [6.45, 7) is 4.34. The van der Waals surface area contributed by atoms with Crippen molar-refractivity contribution in [1.82, 2.24) is 4.98 Å². The maximum absolute atomic E-state index is 13.4. The van der Waals surface area contributed by atoms with Crippen LogP contribution in [0.2, 0.25) is 0 Å². The third-order valence-electron chi connectivity index (χ3n) is 4.71. The van der Waals surface area contributed by atoms with E-state index in [4.69, 9.17) is 14.1 Å². The summed E-state index contributed by atoms with van der Waals surface area (Å²) in [6.07, 6.45) is 1.61. The van der Waals surface area contributed by atoms with E-state index >= 15 is 0 Å². The van der Waals surface area contributed by atoms with Crippen molar-refractivity contribution in [3.8, 4) is 5.75 Å². The number of rotatable bonds is 5. The Bertz CT molecular complexity index is 1130. The van der Waals surface area contributed by atoms with Crippen LogP contribution in [0.5, 0.6) is 5.75 Å². The molecular weight excluding hydrogens is 372 g/mol. The quantitative estimate of drug-likeness (QED) is 0.459. The van der Waals surface area contributed by atoms with Crippen LogP contribution in [-0.2, 0) is 6.54 Å². The fourth-order valence-corrected chi connectivity index (χ4v) is 3.99. The van der Waals surface area contributed by atoms with Gasteiger partial charge >= 0.3 is 0 Å². The van der Waals surface area contributed by atoms with Gasteiger partial charge in [-0.25, -0.2) is 4.98 Å². The number of hydrogen-bond acceptors (Lipinski definition) is 5. The molecule has 0 saturated carbocycles. The van der Waals surface area contributed by atoms with Crippen molar-refractivity contribution in [2.24, 2.45) is 0 Å². The highest BCUT2D eigenvalue weighted by atomic mass is 32.1. The summed E-state index contributed by atoms with van der Waals surface area (Å²) in [5.41, 5.74) is 3.61. The Balaban J connectivity index is 1.79. The summed E-state index contributed by atoms with van der Waals surface area (Å²) in [6, 6.07) is 15.2. The molecule has 2 aromatic heterocycles. The van der Waals surface area contributed by atoms with Crippen LogP contribution in [0, 0.1) is 13.8 Å². The molecule has 1 amide bonds. The van der Waals surface area contributed by atoms with Crippen LogP contribution >= 0.6 is 11.3 Å². The maximum atomic E-state index is 13.4. The number of benzene rings is 2. The smallest absolute Gasteiger partial charge is 0.260 e. The van der Waals surface area contributed by atoms with Gasteiger partial charge < -0.3 is 9.15 Å². The molecule has 0 aliphatic heterocycles. The molecule has 0 unspecified atom stereocenters. The van der Waals surface area contributed by atoms with Crippen molar-refractivity contribution in [2.45, 2.75) is 20.4 Å². The molecule has 0 aliphatic carbocycles. The first kappa shape index (κ1) is 18.3. The highest BCUT2D eigenvalue weighted by Crippen LogP contribution is 2.35. The SMILES string of the molecule is COc1cccc2sc(N(Cc3ccco3)C(=O)c3ccc(C)c(C)c3)nc12. The predicted octanol–water partition coefficient (Wildman–Crippen LogP) is 5.36. The third kappa shape index (κ3) is 3.39. The number of aromatic nitrogens is 1. The number of ether oxygens (including phenoxy) is 1. The zero-order valence-corrected chi connectivity index (χ0v) is 16.7. The number of amides is 1. The average Bonchev–Trinajstić information content (AvgIpc) is 3.36. The van der Waals surface area contributed by atoms with Gasteiger partial charge in [0.2, 0.25) is 0 Å². The number of fused-ring (bicyclic) bond motifs is 1. The summed E-state index contributed by atoms with van der Waals surface area (Å²) in [4.78, 5) is 19.8. The number of thiazole rings is 1. The lowest BCUT2D eigenvalue weighted by atomic mass is 10.1. The van der Waals surface area contributed by atoms with Crippen LogP contribution in [0.4, 0.5) is 5.13 Å². The molecule has 2 aromatic carbocycles.